The number of carboxylic acid groups (broad SMARTS) is 1. The number of ether oxygens (including phenoxy) is 1. The van der Waals surface area contributed by atoms with Gasteiger partial charge in [-0.15, -0.1) is 0 Å². The van der Waals surface area contributed by atoms with Gasteiger partial charge in [-0.3, -0.25) is 4.79 Å². The Labute approximate surface area is 120 Å². The number of likely N-dealkylation sites (tertiary alicyclic amines) is 1. The lowest BCUT2D eigenvalue weighted by Gasteiger charge is -2.45. The van der Waals surface area contributed by atoms with Crippen LogP contribution in [0.25, 0.3) is 0 Å². The summed E-state index contributed by atoms with van der Waals surface area (Å²) in [4.78, 5) is 25.2. The van der Waals surface area contributed by atoms with Crippen molar-refractivity contribution in [2.24, 2.45) is 11.8 Å². The first kappa shape index (κ1) is 15.1. The molecule has 5 heteroatoms. The van der Waals surface area contributed by atoms with Crippen LogP contribution in [0.3, 0.4) is 0 Å². The van der Waals surface area contributed by atoms with E-state index in [1.807, 2.05) is 25.7 Å². The summed E-state index contributed by atoms with van der Waals surface area (Å²) in [5.74, 6) is -0.626. The maximum atomic E-state index is 12.3. The number of piperidine rings is 1. The van der Waals surface area contributed by atoms with E-state index < -0.39 is 11.6 Å². The van der Waals surface area contributed by atoms with Gasteiger partial charge in [0.15, 0.2) is 0 Å². The van der Waals surface area contributed by atoms with E-state index in [0.717, 1.165) is 25.8 Å². The van der Waals surface area contributed by atoms with Crippen molar-refractivity contribution in [2.45, 2.75) is 64.5 Å². The second-order valence-electron chi connectivity index (χ2n) is 6.99. The number of hydrogen-bond donors (Lipinski definition) is 1. The molecule has 1 aliphatic carbocycles. The molecule has 1 amide bonds. The highest BCUT2D eigenvalue weighted by Gasteiger charge is 2.41. The van der Waals surface area contributed by atoms with Crippen molar-refractivity contribution in [1.29, 1.82) is 0 Å². The molecule has 20 heavy (non-hydrogen) atoms. The summed E-state index contributed by atoms with van der Waals surface area (Å²) >= 11 is 0. The van der Waals surface area contributed by atoms with Gasteiger partial charge in [0.1, 0.15) is 5.60 Å². The third-order valence-corrected chi connectivity index (χ3v) is 4.29. The van der Waals surface area contributed by atoms with E-state index in [1.54, 1.807) is 0 Å². The van der Waals surface area contributed by atoms with Crippen LogP contribution in [0.1, 0.15) is 52.9 Å². The van der Waals surface area contributed by atoms with Gasteiger partial charge in [-0.05, 0) is 58.8 Å². The van der Waals surface area contributed by atoms with E-state index in [-0.39, 0.29) is 18.1 Å². The molecule has 0 spiro atoms. The van der Waals surface area contributed by atoms with Crippen molar-refractivity contribution in [1.82, 2.24) is 4.90 Å². The van der Waals surface area contributed by atoms with Gasteiger partial charge in [0, 0.05) is 12.6 Å². The van der Waals surface area contributed by atoms with Crippen LogP contribution in [0.15, 0.2) is 0 Å². The fraction of sp³-hybridized carbons (Fsp3) is 0.867. The molecule has 0 aromatic heterocycles. The topological polar surface area (TPSA) is 66.8 Å². The van der Waals surface area contributed by atoms with Gasteiger partial charge in [-0.25, -0.2) is 4.79 Å². The van der Waals surface area contributed by atoms with E-state index in [4.69, 9.17) is 9.84 Å². The Kier molecular flexibility index (Phi) is 4.25. The van der Waals surface area contributed by atoms with Crippen molar-refractivity contribution in [3.05, 3.63) is 0 Å². The standard InChI is InChI=1S/C15H25NO4/c1-15(2,3)20-14(19)16-8-4-5-10-9-11(13(17)18)6-7-12(10)16/h10-12H,4-9H2,1-3H3,(H,17,18)/t10-,11-,12+/m0/s1. The lowest BCUT2D eigenvalue weighted by atomic mass is 9.73. The van der Waals surface area contributed by atoms with E-state index in [9.17, 15) is 9.59 Å². The van der Waals surface area contributed by atoms with E-state index >= 15 is 0 Å². The van der Waals surface area contributed by atoms with Crippen molar-refractivity contribution >= 4 is 12.1 Å². The van der Waals surface area contributed by atoms with Crippen LogP contribution in [0.2, 0.25) is 0 Å². The highest BCUT2D eigenvalue weighted by Crippen LogP contribution is 2.38. The zero-order valence-electron chi connectivity index (χ0n) is 12.6. The number of carboxylic acids is 1. The minimum atomic E-state index is -0.696. The molecule has 5 nitrogen and oxygen atoms in total. The van der Waals surface area contributed by atoms with E-state index in [0.29, 0.717) is 18.8 Å². The molecule has 1 saturated heterocycles. The lowest BCUT2D eigenvalue weighted by Crippen LogP contribution is -2.52. The molecule has 0 aromatic carbocycles. The molecule has 0 unspecified atom stereocenters. The zero-order chi connectivity index (χ0) is 14.9. The second-order valence-corrected chi connectivity index (χ2v) is 6.99. The Balaban J connectivity index is 2.02. The number of amides is 1. The quantitative estimate of drug-likeness (QED) is 0.803. The molecular weight excluding hydrogens is 258 g/mol. The number of nitrogens with zero attached hydrogens (tertiary/aromatic N) is 1. The Morgan fingerprint density at radius 3 is 2.50 bits per heavy atom. The van der Waals surface area contributed by atoms with Crippen LogP contribution in [0.4, 0.5) is 4.79 Å². The van der Waals surface area contributed by atoms with Crippen LogP contribution in [-0.2, 0) is 9.53 Å². The Hall–Kier alpha value is -1.26. The molecule has 1 heterocycles. The van der Waals surface area contributed by atoms with Crippen LogP contribution in [0, 0.1) is 11.8 Å². The fourth-order valence-corrected chi connectivity index (χ4v) is 3.43. The summed E-state index contributed by atoms with van der Waals surface area (Å²) in [5, 5.41) is 9.15. The first-order valence-corrected chi connectivity index (χ1v) is 7.50. The van der Waals surface area contributed by atoms with E-state index in [1.165, 1.54) is 0 Å². The minimum absolute atomic E-state index is 0.161. The fourth-order valence-electron chi connectivity index (χ4n) is 3.43. The summed E-state index contributed by atoms with van der Waals surface area (Å²) in [6.45, 7) is 6.34. The summed E-state index contributed by atoms with van der Waals surface area (Å²) < 4.78 is 5.47. The minimum Gasteiger partial charge on any atom is -0.481 e. The Bertz CT molecular complexity index is 388. The summed E-state index contributed by atoms with van der Waals surface area (Å²) in [5.41, 5.74) is -0.484. The van der Waals surface area contributed by atoms with Crippen LogP contribution in [-0.4, -0.2) is 40.3 Å². The Morgan fingerprint density at radius 1 is 1.20 bits per heavy atom. The normalized spacial score (nSPS) is 30.6. The van der Waals surface area contributed by atoms with Crippen LogP contribution >= 0.6 is 0 Å². The summed E-state index contributed by atoms with van der Waals surface area (Å²) in [6.07, 6.45) is 3.84. The number of carbonyl (C=O) groups is 2. The molecule has 2 fully saturated rings. The van der Waals surface area contributed by atoms with Crippen molar-refractivity contribution in [3.8, 4) is 0 Å². The van der Waals surface area contributed by atoms with E-state index in [2.05, 4.69) is 0 Å². The summed E-state index contributed by atoms with van der Waals surface area (Å²) in [7, 11) is 0. The molecule has 1 aliphatic heterocycles. The average Bonchev–Trinajstić information content (AvgIpc) is 2.35. The largest absolute Gasteiger partial charge is 0.481 e. The predicted molar refractivity (Wildman–Crippen MR) is 74.4 cm³/mol. The number of fused-ring (bicyclic) bond motifs is 1. The van der Waals surface area contributed by atoms with Gasteiger partial charge >= 0.3 is 12.1 Å². The van der Waals surface area contributed by atoms with Gasteiger partial charge in [-0.1, -0.05) is 0 Å². The maximum Gasteiger partial charge on any atom is 0.410 e. The van der Waals surface area contributed by atoms with Crippen molar-refractivity contribution in [2.75, 3.05) is 6.54 Å². The Morgan fingerprint density at radius 2 is 1.90 bits per heavy atom. The monoisotopic (exact) mass is 283 g/mol. The molecule has 0 bridgehead atoms. The smallest absolute Gasteiger partial charge is 0.410 e. The molecule has 0 aromatic rings. The molecule has 0 radical (unpaired) electrons. The SMILES string of the molecule is CC(C)(C)OC(=O)N1CCC[C@H]2C[C@@H](C(=O)O)CC[C@H]21. The highest BCUT2D eigenvalue weighted by molar-refractivity contribution is 5.71. The first-order chi connectivity index (χ1) is 9.28. The lowest BCUT2D eigenvalue weighted by molar-refractivity contribution is -0.144. The molecule has 1 saturated carbocycles. The number of carbonyl (C=O) groups excluding carboxylic acids is 1. The molecule has 2 aliphatic rings. The summed E-state index contributed by atoms with van der Waals surface area (Å²) in [6, 6.07) is 0.161. The highest BCUT2D eigenvalue weighted by atomic mass is 16.6. The molecule has 2 rings (SSSR count). The van der Waals surface area contributed by atoms with Crippen LogP contribution < -0.4 is 0 Å². The van der Waals surface area contributed by atoms with Gasteiger partial charge in [0.2, 0.25) is 0 Å². The second kappa shape index (κ2) is 5.62. The third-order valence-electron chi connectivity index (χ3n) is 4.29. The maximum absolute atomic E-state index is 12.3. The van der Waals surface area contributed by atoms with Gasteiger partial charge in [-0.2, -0.15) is 0 Å². The molecule has 114 valence electrons. The molecule has 3 atom stereocenters. The average molecular weight is 283 g/mol. The van der Waals surface area contributed by atoms with Gasteiger partial charge in [0.25, 0.3) is 0 Å². The third kappa shape index (κ3) is 3.44. The van der Waals surface area contributed by atoms with Crippen molar-refractivity contribution in [3.63, 3.8) is 0 Å². The van der Waals surface area contributed by atoms with Gasteiger partial charge < -0.3 is 14.7 Å². The van der Waals surface area contributed by atoms with Crippen LogP contribution in [0.5, 0.6) is 0 Å². The first-order valence-electron chi connectivity index (χ1n) is 7.50. The zero-order valence-corrected chi connectivity index (χ0v) is 12.6. The number of rotatable bonds is 1. The molecule has 1 N–H and O–H groups in total. The number of hydrogen-bond acceptors (Lipinski definition) is 3. The van der Waals surface area contributed by atoms with Gasteiger partial charge in [0.05, 0.1) is 5.92 Å². The number of aliphatic carboxylic acids is 1. The molecular formula is C15H25NO4. The predicted octanol–water partition coefficient (Wildman–Crippen LogP) is 2.89. The van der Waals surface area contributed by atoms with Crippen molar-refractivity contribution < 1.29 is 19.4 Å².